The van der Waals surface area contributed by atoms with Gasteiger partial charge < -0.3 is 19.4 Å². The number of hydrogen-bond acceptors (Lipinski definition) is 6. The van der Waals surface area contributed by atoms with Gasteiger partial charge in [-0.3, -0.25) is 4.90 Å². The molecule has 1 N–H and O–H groups in total. The van der Waals surface area contributed by atoms with Crippen LogP contribution in [0, 0.1) is 0 Å². The zero-order valence-corrected chi connectivity index (χ0v) is 19.1. The van der Waals surface area contributed by atoms with Gasteiger partial charge in [0.05, 0.1) is 31.6 Å². The fourth-order valence-corrected chi connectivity index (χ4v) is 3.73. The summed E-state index contributed by atoms with van der Waals surface area (Å²) in [5.74, 6) is 0.810. The van der Waals surface area contributed by atoms with Crippen LogP contribution in [0.5, 0.6) is 5.75 Å². The van der Waals surface area contributed by atoms with Gasteiger partial charge in [-0.2, -0.15) is 0 Å². The van der Waals surface area contributed by atoms with E-state index in [9.17, 15) is 5.11 Å². The predicted octanol–water partition coefficient (Wildman–Crippen LogP) is 4.13. The van der Waals surface area contributed by atoms with Gasteiger partial charge in [0.25, 0.3) is 0 Å². The molecule has 0 spiro atoms. The van der Waals surface area contributed by atoms with Crippen molar-refractivity contribution in [1.82, 2.24) is 4.90 Å². The highest BCUT2D eigenvalue weighted by atomic mass is 35.5. The van der Waals surface area contributed by atoms with Crippen molar-refractivity contribution in [2.24, 2.45) is 5.16 Å². The fraction of sp³-hybridized carbons (Fsp3) is 0.458. The molecule has 3 rings (SSSR count). The van der Waals surface area contributed by atoms with E-state index in [2.05, 4.69) is 10.1 Å². The minimum atomic E-state index is -0.593. The van der Waals surface area contributed by atoms with Gasteiger partial charge in [-0.15, -0.1) is 0 Å². The van der Waals surface area contributed by atoms with Gasteiger partial charge in [-0.25, -0.2) is 0 Å². The van der Waals surface area contributed by atoms with Crippen molar-refractivity contribution in [3.8, 4) is 5.75 Å². The standard InChI is InChI=1S/C24H31ClN2O4/c1-17(2)30-16-21(28)14-27(13-18-5-4-6-20(25)11-18)15-23-12-24(26-31-23)19-7-9-22(29-3)10-8-19/h4-11,17,21,23,28H,12-16H2,1-3H3/t21-,23+/m1/s1. The third-order valence-corrected chi connectivity index (χ3v) is 5.24. The third-order valence-electron chi connectivity index (χ3n) is 5.00. The lowest BCUT2D eigenvalue weighted by atomic mass is 10.0. The Hall–Kier alpha value is -2.12. The number of oxime groups is 1. The van der Waals surface area contributed by atoms with Crippen LogP contribution in [0.1, 0.15) is 31.4 Å². The van der Waals surface area contributed by atoms with Crippen LogP contribution in [0.25, 0.3) is 0 Å². The number of aliphatic hydroxyl groups excluding tert-OH is 1. The molecule has 0 bridgehead atoms. The van der Waals surface area contributed by atoms with E-state index in [0.29, 0.717) is 37.7 Å². The quantitative estimate of drug-likeness (QED) is 0.562. The third kappa shape index (κ3) is 7.51. The average molecular weight is 447 g/mol. The number of ether oxygens (including phenoxy) is 2. The normalized spacial score (nSPS) is 17.0. The van der Waals surface area contributed by atoms with Crippen LogP contribution in [0.3, 0.4) is 0 Å². The second kappa shape index (κ2) is 11.5. The van der Waals surface area contributed by atoms with Crippen LogP contribution >= 0.6 is 11.6 Å². The number of nitrogens with zero attached hydrogens (tertiary/aromatic N) is 2. The van der Waals surface area contributed by atoms with Gasteiger partial charge in [0, 0.05) is 31.1 Å². The molecule has 1 heterocycles. The number of rotatable bonds is 11. The van der Waals surface area contributed by atoms with Crippen molar-refractivity contribution in [3.63, 3.8) is 0 Å². The first-order valence-electron chi connectivity index (χ1n) is 10.6. The Labute approximate surface area is 189 Å². The molecule has 0 unspecified atom stereocenters. The van der Waals surface area contributed by atoms with E-state index < -0.39 is 6.10 Å². The summed E-state index contributed by atoms with van der Waals surface area (Å²) in [7, 11) is 1.65. The molecule has 0 saturated carbocycles. The summed E-state index contributed by atoms with van der Waals surface area (Å²) < 4.78 is 10.8. The summed E-state index contributed by atoms with van der Waals surface area (Å²) in [6.07, 6.45) is 0.103. The number of hydrogen-bond donors (Lipinski definition) is 1. The lowest BCUT2D eigenvalue weighted by molar-refractivity contribution is -0.0194. The van der Waals surface area contributed by atoms with Crippen LogP contribution in [0.4, 0.5) is 0 Å². The molecular weight excluding hydrogens is 416 g/mol. The molecule has 6 nitrogen and oxygen atoms in total. The average Bonchev–Trinajstić information content (AvgIpc) is 3.20. The summed E-state index contributed by atoms with van der Waals surface area (Å²) in [6, 6.07) is 15.6. The van der Waals surface area contributed by atoms with Crippen LogP contribution in [0.15, 0.2) is 53.7 Å². The molecular formula is C24H31ClN2O4. The van der Waals surface area contributed by atoms with Crippen molar-refractivity contribution >= 4 is 17.3 Å². The highest BCUT2D eigenvalue weighted by molar-refractivity contribution is 6.30. The largest absolute Gasteiger partial charge is 0.497 e. The maximum absolute atomic E-state index is 10.5. The molecule has 31 heavy (non-hydrogen) atoms. The second-order valence-electron chi connectivity index (χ2n) is 8.06. The van der Waals surface area contributed by atoms with E-state index in [4.69, 9.17) is 25.9 Å². The van der Waals surface area contributed by atoms with E-state index in [1.165, 1.54) is 0 Å². The Morgan fingerprint density at radius 2 is 2.00 bits per heavy atom. The Morgan fingerprint density at radius 1 is 1.23 bits per heavy atom. The molecule has 7 heteroatoms. The lowest BCUT2D eigenvalue weighted by Gasteiger charge is -2.27. The minimum absolute atomic E-state index is 0.0784. The first-order chi connectivity index (χ1) is 14.9. The summed E-state index contributed by atoms with van der Waals surface area (Å²) in [6.45, 7) is 5.97. The van der Waals surface area contributed by atoms with Crippen molar-refractivity contribution in [1.29, 1.82) is 0 Å². The number of methoxy groups -OCH3 is 1. The molecule has 2 aromatic carbocycles. The highest BCUT2D eigenvalue weighted by Crippen LogP contribution is 2.21. The van der Waals surface area contributed by atoms with E-state index in [0.717, 1.165) is 22.6 Å². The topological polar surface area (TPSA) is 63.5 Å². The van der Waals surface area contributed by atoms with E-state index >= 15 is 0 Å². The molecule has 0 radical (unpaired) electrons. The Kier molecular flexibility index (Phi) is 8.72. The highest BCUT2D eigenvalue weighted by Gasteiger charge is 2.26. The molecule has 2 aromatic rings. The van der Waals surface area contributed by atoms with Crippen LogP contribution in [0.2, 0.25) is 5.02 Å². The maximum Gasteiger partial charge on any atom is 0.145 e. The van der Waals surface area contributed by atoms with Gasteiger partial charge in [0.2, 0.25) is 0 Å². The number of halogens is 1. The summed E-state index contributed by atoms with van der Waals surface area (Å²) >= 11 is 6.16. The molecule has 0 amide bonds. The van der Waals surface area contributed by atoms with Crippen molar-refractivity contribution in [2.45, 2.75) is 45.1 Å². The fourth-order valence-electron chi connectivity index (χ4n) is 3.52. The van der Waals surface area contributed by atoms with Crippen LogP contribution in [-0.2, 0) is 16.1 Å². The maximum atomic E-state index is 10.5. The zero-order valence-electron chi connectivity index (χ0n) is 18.3. The molecule has 2 atom stereocenters. The molecule has 0 saturated heterocycles. The van der Waals surface area contributed by atoms with Crippen molar-refractivity contribution in [2.75, 3.05) is 26.8 Å². The van der Waals surface area contributed by atoms with Crippen LogP contribution < -0.4 is 4.74 Å². The van der Waals surface area contributed by atoms with Gasteiger partial charge in [-0.1, -0.05) is 28.9 Å². The first-order valence-corrected chi connectivity index (χ1v) is 10.9. The predicted molar refractivity (Wildman–Crippen MR) is 123 cm³/mol. The number of aliphatic hydroxyl groups is 1. The zero-order chi connectivity index (χ0) is 22.2. The number of benzene rings is 2. The molecule has 0 fully saturated rings. The van der Waals surface area contributed by atoms with Gasteiger partial charge >= 0.3 is 0 Å². The molecule has 1 aliphatic heterocycles. The summed E-state index contributed by atoms with van der Waals surface area (Å²) in [4.78, 5) is 7.89. The SMILES string of the molecule is COc1ccc(C2=NO[C@H](CN(Cc3cccc(Cl)c3)C[C@@H](O)COC(C)C)C2)cc1. The summed E-state index contributed by atoms with van der Waals surface area (Å²) in [5, 5.41) is 15.5. The second-order valence-corrected chi connectivity index (χ2v) is 8.49. The molecule has 1 aliphatic rings. The first kappa shape index (κ1) is 23.5. The van der Waals surface area contributed by atoms with Gasteiger partial charge in [0.1, 0.15) is 11.9 Å². The Morgan fingerprint density at radius 3 is 2.68 bits per heavy atom. The molecule has 0 aromatic heterocycles. The lowest BCUT2D eigenvalue weighted by Crippen LogP contribution is -2.39. The van der Waals surface area contributed by atoms with Crippen molar-refractivity contribution < 1.29 is 19.4 Å². The Balaban J connectivity index is 1.62. The van der Waals surface area contributed by atoms with E-state index in [1.807, 2.05) is 62.4 Å². The van der Waals surface area contributed by atoms with Gasteiger partial charge in [0.15, 0.2) is 0 Å². The smallest absolute Gasteiger partial charge is 0.145 e. The summed E-state index contributed by atoms with van der Waals surface area (Å²) in [5.41, 5.74) is 3.02. The molecule has 0 aliphatic carbocycles. The van der Waals surface area contributed by atoms with Gasteiger partial charge in [-0.05, 0) is 61.4 Å². The van der Waals surface area contributed by atoms with E-state index in [1.54, 1.807) is 7.11 Å². The molecule has 168 valence electrons. The Bertz CT molecular complexity index is 857. The van der Waals surface area contributed by atoms with Crippen molar-refractivity contribution in [3.05, 3.63) is 64.7 Å². The van der Waals surface area contributed by atoms with Crippen LogP contribution in [-0.4, -0.2) is 60.8 Å². The monoisotopic (exact) mass is 446 g/mol. The van der Waals surface area contributed by atoms with E-state index in [-0.39, 0.29) is 12.2 Å². The minimum Gasteiger partial charge on any atom is -0.497 e.